The molecular formula is C18H14N6O2. The minimum Gasteiger partial charge on any atom is -0.305 e. The average molecular weight is 346 g/mol. The van der Waals surface area contributed by atoms with Crippen LogP contribution in [0, 0.1) is 6.92 Å². The van der Waals surface area contributed by atoms with Gasteiger partial charge in [0.1, 0.15) is 11.5 Å². The Morgan fingerprint density at radius 1 is 1.04 bits per heavy atom. The highest BCUT2D eigenvalue weighted by molar-refractivity contribution is 6.03. The number of fused-ring (bicyclic) bond motifs is 1. The second-order valence-corrected chi connectivity index (χ2v) is 5.60. The van der Waals surface area contributed by atoms with Gasteiger partial charge in [-0.2, -0.15) is 4.52 Å². The van der Waals surface area contributed by atoms with Gasteiger partial charge in [-0.1, -0.05) is 12.1 Å². The third-order valence-corrected chi connectivity index (χ3v) is 3.75. The number of nitrogens with one attached hydrogen (secondary N) is 1. The lowest BCUT2D eigenvalue weighted by Crippen LogP contribution is -2.25. The van der Waals surface area contributed by atoms with Crippen molar-refractivity contribution < 1.29 is 4.79 Å². The molecule has 0 bridgehead atoms. The van der Waals surface area contributed by atoms with Gasteiger partial charge in [0.2, 0.25) is 0 Å². The van der Waals surface area contributed by atoms with Crippen LogP contribution in [-0.4, -0.2) is 30.1 Å². The van der Waals surface area contributed by atoms with Gasteiger partial charge in [0.25, 0.3) is 11.5 Å². The van der Waals surface area contributed by atoms with Crippen LogP contribution in [0.5, 0.6) is 0 Å². The van der Waals surface area contributed by atoms with Crippen LogP contribution in [0.3, 0.4) is 0 Å². The summed E-state index contributed by atoms with van der Waals surface area (Å²) in [5.41, 5.74) is 0.872. The van der Waals surface area contributed by atoms with Crippen LogP contribution in [0.2, 0.25) is 0 Å². The number of carbonyl (C=O) groups is 1. The lowest BCUT2D eigenvalue weighted by atomic mass is 10.3. The summed E-state index contributed by atoms with van der Waals surface area (Å²) in [6.07, 6.45) is 3.17. The van der Waals surface area contributed by atoms with Crippen molar-refractivity contribution >= 4 is 17.4 Å². The van der Waals surface area contributed by atoms with E-state index in [-0.39, 0.29) is 11.3 Å². The number of hydrogen-bond acceptors (Lipinski definition) is 5. The van der Waals surface area contributed by atoms with E-state index in [1.165, 1.54) is 15.3 Å². The molecule has 8 nitrogen and oxygen atoms in total. The Balaban J connectivity index is 1.92. The summed E-state index contributed by atoms with van der Waals surface area (Å²) in [6, 6.07) is 13.4. The molecule has 0 aliphatic rings. The Hall–Kier alpha value is -3.81. The number of aromatic nitrogens is 5. The number of pyridine rings is 2. The molecule has 0 aromatic carbocycles. The van der Waals surface area contributed by atoms with Crippen LogP contribution in [-0.2, 0) is 0 Å². The third kappa shape index (κ3) is 2.73. The van der Waals surface area contributed by atoms with Crippen molar-refractivity contribution in [1.29, 1.82) is 0 Å². The molecule has 0 saturated carbocycles. The summed E-state index contributed by atoms with van der Waals surface area (Å²) >= 11 is 0. The van der Waals surface area contributed by atoms with Crippen molar-refractivity contribution in [3.05, 3.63) is 82.7 Å². The predicted octanol–water partition coefficient (Wildman–Crippen LogP) is 1.84. The molecule has 0 spiro atoms. The van der Waals surface area contributed by atoms with Crippen LogP contribution in [0.15, 0.2) is 65.7 Å². The number of hydrogen-bond donors (Lipinski definition) is 1. The van der Waals surface area contributed by atoms with Gasteiger partial charge in [-0.05, 0) is 31.2 Å². The molecule has 0 unspecified atom stereocenters. The Labute approximate surface area is 147 Å². The van der Waals surface area contributed by atoms with E-state index in [0.29, 0.717) is 23.0 Å². The van der Waals surface area contributed by atoms with Crippen molar-refractivity contribution in [2.75, 3.05) is 5.32 Å². The summed E-state index contributed by atoms with van der Waals surface area (Å²) in [5, 5.41) is 2.72. The summed E-state index contributed by atoms with van der Waals surface area (Å²) in [5.74, 6) is 0.421. The molecule has 1 amide bonds. The number of rotatable bonds is 3. The number of aryl methyl sites for hydroxylation is 1. The molecule has 4 aromatic rings. The SMILES string of the molecule is Cc1cc(=O)n2c(cc(C(=O)Nc3ccccn3)n2-c2ccccn2)n1. The molecule has 0 fully saturated rings. The van der Waals surface area contributed by atoms with E-state index in [1.54, 1.807) is 61.8 Å². The van der Waals surface area contributed by atoms with E-state index in [1.807, 2.05) is 0 Å². The Morgan fingerprint density at radius 3 is 2.50 bits per heavy atom. The highest BCUT2D eigenvalue weighted by atomic mass is 16.2. The van der Waals surface area contributed by atoms with Gasteiger partial charge < -0.3 is 5.32 Å². The lowest BCUT2D eigenvalue weighted by molar-refractivity contribution is 0.101. The van der Waals surface area contributed by atoms with E-state index in [4.69, 9.17) is 0 Å². The normalized spacial score (nSPS) is 10.8. The molecule has 0 radical (unpaired) electrons. The number of anilines is 1. The standard InChI is InChI=1S/C18H14N6O2/c1-12-10-17(25)24-16(21-12)11-13(23(24)15-7-3-5-9-20-15)18(26)22-14-6-2-4-8-19-14/h2-11H,1H3,(H,19,22,26). The molecule has 4 rings (SSSR count). The first-order valence-corrected chi connectivity index (χ1v) is 7.90. The van der Waals surface area contributed by atoms with Crippen LogP contribution < -0.4 is 10.9 Å². The number of carbonyl (C=O) groups excluding carboxylic acids is 1. The van der Waals surface area contributed by atoms with E-state index in [2.05, 4.69) is 20.3 Å². The molecule has 0 aliphatic carbocycles. The summed E-state index contributed by atoms with van der Waals surface area (Å²) in [4.78, 5) is 38.1. The van der Waals surface area contributed by atoms with Crippen molar-refractivity contribution in [1.82, 2.24) is 24.1 Å². The van der Waals surface area contributed by atoms with Gasteiger partial charge in [-0.3, -0.25) is 9.59 Å². The first kappa shape index (κ1) is 15.7. The van der Waals surface area contributed by atoms with Crippen LogP contribution in [0.1, 0.15) is 16.2 Å². The lowest BCUT2D eigenvalue weighted by Gasteiger charge is -2.10. The highest BCUT2D eigenvalue weighted by Gasteiger charge is 2.20. The van der Waals surface area contributed by atoms with Crippen molar-refractivity contribution in [3.8, 4) is 5.82 Å². The zero-order valence-electron chi connectivity index (χ0n) is 13.8. The Morgan fingerprint density at radius 2 is 1.81 bits per heavy atom. The molecule has 4 aromatic heterocycles. The van der Waals surface area contributed by atoms with Gasteiger partial charge in [-0.25, -0.2) is 19.6 Å². The minimum absolute atomic E-state index is 0.226. The quantitative estimate of drug-likeness (QED) is 0.611. The smallest absolute Gasteiger partial charge is 0.275 e. The number of nitrogens with zero attached hydrogens (tertiary/aromatic N) is 5. The second-order valence-electron chi connectivity index (χ2n) is 5.60. The maximum atomic E-state index is 12.8. The van der Waals surface area contributed by atoms with E-state index in [0.717, 1.165) is 0 Å². The molecule has 0 saturated heterocycles. The maximum Gasteiger partial charge on any atom is 0.275 e. The van der Waals surface area contributed by atoms with Gasteiger partial charge in [-0.15, -0.1) is 0 Å². The highest BCUT2D eigenvalue weighted by Crippen LogP contribution is 2.15. The molecule has 128 valence electrons. The van der Waals surface area contributed by atoms with Crippen LogP contribution in [0.4, 0.5) is 5.82 Å². The van der Waals surface area contributed by atoms with E-state index in [9.17, 15) is 9.59 Å². The fourth-order valence-corrected chi connectivity index (χ4v) is 2.68. The molecule has 26 heavy (non-hydrogen) atoms. The van der Waals surface area contributed by atoms with Gasteiger partial charge >= 0.3 is 0 Å². The fraction of sp³-hybridized carbons (Fsp3) is 0.0556. The summed E-state index contributed by atoms with van der Waals surface area (Å²) in [6.45, 7) is 1.73. The van der Waals surface area contributed by atoms with Gasteiger partial charge in [0.05, 0.1) is 0 Å². The van der Waals surface area contributed by atoms with Crippen LogP contribution in [0.25, 0.3) is 11.5 Å². The molecule has 8 heteroatoms. The topological polar surface area (TPSA) is 94.2 Å². The van der Waals surface area contributed by atoms with Crippen molar-refractivity contribution in [2.45, 2.75) is 6.92 Å². The zero-order chi connectivity index (χ0) is 18.1. The van der Waals surface area contributed by atoms with Gasteiger partial charge in [0.15, 0.2) is 11.5 Å². The molecule has 0 aliphatic heterocycles. The van der Waals surface area contributed by atoms with Crippen molar-refractivity contribution in [2.24, 2.45) is 0 Å². The molecule has 0 atom stereocenters. The zero-order valence-corrected chi connectivity index (χ0v) is 13.8. The van der Waals surface area contributed by atoms with E-state index < -0.39 is 5.91 Å². The summed E-state index contributed by atoms with van der Waals surface area (Å²) < 4.78 is 2.77. The van der Waals surface area contributed by atoms with Crippen LogP contribution >= 0.6 is 0 Å². The average Bonchev–Trinajstić information content (AvgIpc) is 3.03. The predicted molar refractivity (Wildman–Crippen MR) is 95.5 cm³/mol. The summed E-state index contributed by atoms with van der Waals surface area (Å²) in [7, 11) is 0. The van der Waals surface area contributed by atoms with E-state index >= 15 is 0 Å². The number of amides is 1. The molecule has 1 N–H and O–H groups in total. The fourth-order valence-electron chi connectivity index (χ4n) is 2.68. The Bertz CT molecular complexity index is 1150. The third-order valence-electron chi connectivity index (χ3n) is 3.75. The Kier molecular flexibility index (Phi) is 3.77. The van der Waals surface area contributed by atoms with Crippen molar-refractivity contribution in [3.63, 3.8) is 0 Å². The molecule has 4 heterocycles. The van der Waals surface area contributed by atoms with Gasteiger partial charge in [0, 0.05) is 30.2 Å². The largest absolute Gasteiger partial charge is 0.305 e. The molecular weight excluding hydrogens is 332 g/mol. The minimum atomic E-state index is -0.420. The first-order chi connectivity index (χ1) is 12.6. The maximum absolute atomic E-state index is 12.8. The second kappa shape index (κ2) is 6.25. The first-order valence-electron chi connectivity index (χ1n) is 7.90. The monoisotopic (exact) mass is 346 g/mol.